The molecule has 4 aromatic heterocycles. The van der Waals surface area contributed by atoms with E-state index >= 15 is 0 Å². The first kappa shape index (κ1) is 14.5. The number of rotatable bonds is 2. The smallest absolute Gasteiger partial charge is 0.185 e. The molecular formula is C15H10N8O3-2. The first-order valence-corrected chi connectivity index (χ1v) is 7.64. The lowest BCUT2D eigenvalue weighted by Gasteiger charge is -2.16. The van der Waals surface area contributed by atoms with E-state index in [-0.39, 0.29) is 22.3 Å². The molecule has 1 aliphatic rings. The molecule has 0 unspecified atom stereocenters. The Morgan fingerprint density at radius 2 is 1.35 bits per heavy atom. The second-order valence-electron chi connectivity index (χ2n) is 6.01. The Morgan fingerprint density at radius 3 is 1.88 bits per heavy atom. The third-order valence-corrected chi connectivity index (χ3v) is 4.48. The van der Waals surface area contributed by atoms with Crippen molar-refractivity contribution >= 4 is 28.2 Å². The number of fused-ring (bicyclic) bond motifs is 2. The fourth-order valence-electron chi connectivity index (χ4n) is 3.39. The Hall–Kier alpha value is -3.89. The molecule has 0 aliphatic heterocycles. The van der Waals surface area contributed by atoms with Crippen molar-refractivity contribution in [1.82, 2.24) is 39.6 Å². The number of hydrogen-bond acceptors (Lipinski definition) is 7. The monoisotopic (exact) mass is 350 g/mol. The minimum absolute atomic E-state index is 0.208. The second kappa shape index (κ2) is 4.59. The Balaban J connectivity index is 1.81. The Kier molecular flexibility index (Phi) is 2.55. The third kappa shape index (κ3) is 1.58. The summed E-state index contributed by atoms with van der Waals surface area (Å²) in [5.41, 5.74) is 1.86. The van der Waals surface area contributed by atoms with Crippen LogP contribution in [-0.4, -0.2) is 45.4 Å². The highest BCUT2D eigenvalue weighted by atomic mass is 16.3. The molecule has 130 valence electrons. The zero-order valence-corrected chi connectivity index (χ0v) is 13.6. The van der Waals surface area contributed by atoms with Gasteiger partial charge in [-0.1, -0.05) is 11.5 Å². The predicted octanol–water partition coefficient (Wildman–Crippen LogP) is -1.53. The topological polar surface area (TPSA) is 155 Å². The van der Waals surface area contributed by atoms with Crippen LogP contribution in [0.4, 0.5) is 0 Å². The standard InChI is InChI=1S/C15H12N8O3/c1-5-7(14-18-16-3-22(14)20-5)9-11(24)10(13(26)12(9)25)8-6(2)21-23-4-17-19-15(8)23/h3-4,20-21,24H,1-2H3,(H,25,26)/p-2. The van der Waals surface area contributed by atoms with E-state index in [9.17, 15) is 15.0 Å². The predicted molar refractivity (Wildman–Crippen MR) is 83.0 cm³/mol. The van der Waals surface area contributed by atoms with E-state index in [0.29, 0.717) is 22.7 Å². The number of nitrogens with one attached hydrogen (secondary N) is 2. The number of aryl methyl sites for hydroxylation is 2. The van der Waals surface area contributed by atoms with Crippen molar-refractivity contribution in [3.05, 3.63) is 46.7 Å². The molecule has 11 heteroatoms. The zero-order chi connectivity index (χ0) is 18.2. The van der Waals surface area contributed by atoms with Crippen LogP contribution in [0.3, 0.4) is 0 Å². The van der Waals surface area contributed by atoms with Crippen molar-refractivity contribution in [2.45, 2.75) is 13.8 Å². The summed E-state index contributed by atoms with van der Waals surface area (Å²) >= 11 is 0. The Bertz CT molecular complexity index is 1300. The molecule has 26 heavy (non-hydrogen) atoms. The molecule has 5 rings (SSSR count). The molecule has 0 atom stereocenters. The average Bonchev–Trinajstić information content (AvgIpc) is 3.35. The van der Waals surface area contributed by atoms with Crippen LogP contribution < -0.4 is 10.2 Å². The summed E-state index contributed by atoms with van der Waals surface area (Å²) < 4.78 is 2.97. The van der Waals surface area contributed by atoms with Crippen molar-refractivity contribution in [2.75, 3.05) is 0 Å². The molecule has 0 fully saturated rings. The molecule has 0 spiro atoms. The van der Waals surface area contributed by atoms with Gasteiger partial charge in [-0.25, -0.2) is 9.03 Å². The van der Waals surface area contributed by atoms with Crippen molar-refractivity contribution in [3.8, 4) is 0 Å². The van der Waals surface area contributed by atoms with Gasteiger partial charge in [0, 0.05) is 22.5 Å². The van der Waals surface area contributed by atoms with E-state index in [4.69, 9.17) is 0 Å². The normalized spacial score (nSPS) is 15.4. The summed E-state index contributed by atoms with van der Waals surface area (Å²) in [4.78, 5) is 12.7. The highest BCUT2D eigenvalue weighted by molar-refractivity contribution is 6.37. The van der Waals surface area contributed by atoms with Gasteiger partial charge < -0.3 is 10.2 Å². The number of H-pyrrole nitrogens is 2. The van der Waals surface area contributed by atoms with Gasteiger partial charge in [0.1, 0.15) is 12.7 Å². The number of carbonyl (C=O) groups excluding carboxylic acids is 1. The van der Waals surface area contributed by atoms with Crippen molar-refractivity contribution in [3.63, 3.8) is 0 Å². The highest BCUT2D eigenvalue weighted by Crippen LogP contribution is 2.40. The molecule has 0 bridgehead atoms. The van der Waals surface area contributed by atoms with Crippen molar-refractivity contribution in [1.29, 1.82) is 0 Å². The lowest BCUT2D eigenvalue weighted by Crippen LogP contribution is -2.14. The van der Waals surface area contributed by atoms with Crippen LogP contribution in [0.25, 0.3) is 22.4 Å². The summed E-state index contributed by atoms with van der Waals surface area (Å²) in [6, 6.07) is 0. The summed E-state index contributed by atoms with van der Waals surface area (Å²) in [5, 5.41) is 47.0. The molecule has 0 radical (unpaired) electrons. The number of hydrogen-bond donors (Lipinski definition) is 2. The van der Waals surface area contributed by atoms with E-state index in [0.717, 1.165) is 0 Å². The zero-order valence-electron chi connectivity index (χ0n) is 13.6. The molecule has 4 aromatic rings. The molecule has 4 heterocycles. The minimum Gasteiger partial charge on any atom is -0.872 e. The Morgan fingerprint density at radius 1 is 0.846 bits per heavy atom. The molecule has 0 amide bonds. The van der Waals surface area contributed by atoms with Gasteiger partial charge in [-0.2, -0.15) is 0 Å². The molecular weight excluding hydrogens is 340 g/mol. The van der Waals surface area contributed by atoms with E-state index in [1.807, 2.05) is 0 Å². The highest BCUT2D eigenvalue weighted by Gasteiger charge is 2.30. The molecule has 1 aliphatic carbocycles. The van der Waals surface area contributed by atoms with Gasteiger partial charge >= 0.3 is 0 Å². The van der Waals surface area contributed by atoms with E-state index < -0.39 is 17.3 Å². The summed E-state index contributed by atoms with van der Waals surface area (Å²) in [7, 11) is 0. The number of aromatic amines is 2. The quantitative estimate of drug-likeness (QED) is 0.444. The lowest BCUT2D eigenvalue weighted by atomic mass is 10.0. The van der Waals surface area contributed by atoms with Gasteiger partial charge in [0.05, 0.1) is 5.56 Å². The van der Waals surface area contributed by atoms with E-state index in [1.165, 1.54) is 21.7 Å². The Labute approximate surface area is 144 Å². The molecule has 0 saturated carbocycles. The number of aromatic nitrogens is 8. The SMILES string of the molecule is Cc1[nH]n2cnnc2c1C1=C([O-])C(c2c(C)[nH]n3cnnc23)=C([O-])C1=O. The summed E-state index contributed by atoms with van der Waals surface area (Å²) in [5.74, 6) is -2.38. The third-order valence-electron chi connectivity index (χ3n) is 4.48. The van der Waals surface area contributed by atoms with Gasteiger partial charge in [-0.05, 0) is 19.4 Å². The lowest BCUT2D eigenvalue weighted by molar-refractivity contribution is -0.301. The first-order valence-electron chi connectivity index (χ1n) is 7.64. The second-order valence-corrected chi connectivity index (χ2v) is 6.01. The molecule has 0 aromatic carbocycles. The van der Waals surface area contributed by atoms with Crippen LogP contribution >= 0.6 is 0 Å². The number of ketones is 1. The van der Waals surface area contributed by atoms with Gasteiger partial charge in [0.2, 0.25) is 0 Å². The van der Waals surface area contributed by atoms with E-state index in [1.54, 1.807) is 13.8 Å². The molecule has 2 N–H and O–H groups in total. The van der Waals surface area contributed by atoms with Crippen molar-refractivity contribution < 1.29 is 15.0 Å². The number of nitrogens with zero attached hydrogens (tertiary/aromatic N) is 6. The maximum Gasteiger partial charge on any atom is 0.185 e. The van der Waals surface area contributed by atoms with Crippen LogP contribution in [0.15, 0.2) is 24.2 Å². The van der Waals surface area contributed by atoms with Gasteiger partial charge in [0.25, 0.3) is 0 Å². The van der Waals surface area contributed by atoms with Crippen LogP contribution in [0.5, 0.6) is 0 Å². The largest absolute Gasteiger partial charge is 0.872 e. The van der Waals surface area contributed by atoms with Gasteiger partial charge in [-0.15, -0.1) is 20.4 Å². The summed E-state index contributed by atoms with van der Waals surface area (Å²) in [6.45, 7) is 3.39. The number of Topliss-reactive ketones (excluding diaryl/α,β-unsaturated/α-hetero) is 1. The van der Waals surface area contributed by atoms with Crippen LogP contribution in [0.1, 0.15) is 22.5 Å². The summed E-state index contributed by atoms with van der Waals surface area (Å²) in [6.07, 6.45) is 2.83. The fourth-order valence-corrected chi connectivity index (χ4v) is 3.39. The van der Waals surface area contributed by atoms with Gasteiger partial charge in [-0.3, -0.25) is 15.0 Å². The van der Waals surface area contributed by atoms with Crippen LogP contribution in [-0.2, 0) is 4.79 Å². The first-order chi connectivity index (χ1) is 12.5. The molecule has 0 saturated heterocycles. The molecule has 11 nitrogen and oxygen atoms in total. The number of carbonyl (C=O) groups is 1. The van der Waals surface area contributed by atoms with Gasteiger partial charge in [0.15, 0.2) is 17.1 Å². The fraction of sp³-hybridized carbons (Fsp3) is 0.133. The van der Waals surface area contributed by atoms with Crippen LogP contribution in [0, 0.1) is 13.8 Å². The maximum absolute atomic E-state index is 13.1. The van der Waals surface area contributed by atoms with Crippen molar-refractivity contribution in [2.24, 2.45) is 0 Å². The van der Waals surface area contributed by atoms with E-state index in [2.05, 4.69) is 30.6 Å². The maximum atomic E-state index is 13.1. The van der Waals surface area contributed by atoms with Crippen LogP contribution in [0.2, 0.25) is 0 Å². The number of allylic oxidation sites excluding steroid dienone is 2. The minimum atomic E-state index is -0.865. The average molecular weight is 350 g/mol.